The van der Waals surface area contributed by atoms with Crippen molar-refractivity contribution in [1.82, 2.24) is 0 Å². The summed E-state index contributed by atoms with van der Waals surface area (Å²) < 4.78 is 0. The van der Waals surface area contributed by atoms with Crippen molar-refractivity contribution in [3.63, 3.8) is 0 Å². The second-order valence-electron chi connectivity index (χ2n) is 4.66. The summed E-state index contributed by atoms with van der Waals surface area (Å²) in [6, 6.07) is 8.06. The molecule has 0 saturated heterocycles. The lowest BCUT2D eigenvalue weighted by atomic mass is 10.0. The van der Waals surface area contributed by atoms with Crippen molar-refractivity contribution in [2.45, 2.75) is 26.7 Å². The van der Waals surface area contributed by atoms with Crippen LogP contribution in [0.15, 0.2) is 24.3 Å². The second kappa shape index (κ2) is 6.60. The molecule has 1 aromatic carbocycles. The summed E-state index contributed by atoms with van der Waals surface area (Å²) in [6.07, 6.45) is 2.48. The molecule has 0 fully saturated rings. The summed E-state index contributed by atoms with van der Waals surface area (Å²) in [5, 5.41) is 0. The molecule has 17 heavy (non-hydrogen) atoms. The molecular weight excluding hydrogens is 228 g/mol. The lowest BCUT2D eigenvalue weighted by Crippen LogP contribution is -2.26. The monoisotopic (exact) mass is 250 g/mol. The van der Waals surface area contributed by atoms with Gasteiger partial charge in [0.25, 0.3) is 0 Å². The van der Waals surface area contributed by atoms with Gasteiger partial charge in [-0.25, -0.2) is 0 Å². The van der Waals surface area contributed by atoms with Gasteiger partial charge in [0.05, 0.1) is 0 Å². The Hall–Kier alpha value is -1.09. The largest absolute Gasteiger partial charge is 0.389 e. The van der Waals surface area contributed by atoms with E-state index in [-0.39, 0.29) is 0 Å². The highest BCUT2D eigenvalue weighted by atomic mass is 32.1. The third-order valence-electron chi connectivity index (χ3n) is 2.95. The van der Waals surface area contributed by atoms with Crippen LogP contribution in [0, 0.1) is 5.92 Å². The van der Waals surface area contributed by atoms with Crippen LogP contribution in [0.4, 0.5) is 5.69 Å². The molecule has 94 valence electrons. The van der Waals surface area contributed by atoms with Gasteiger partial charge in [-0.05, 0) is 24.5 Å². The molecule has 0 saturated carbocycles. The number of anilines is 1. The molecule has 0 aliphatic heterocycles. The highest BCUT2D eigenvalue weighted by Crippen LogP contribution is 2.20. The first-order valence-corrected chi connectivity index (χ1v) is 6.57. The Kier molecular flexibility index (Phi) is 5.42. The van der Waals surface area contributed by atoms with Crippen molar-refractivity contribution >= 4 is 22.9 Å². The van der Waals surface area contributed by atoms with E-state index >= 15 is 0 Å². The van der Waals surface area contributed by atoms with Crippen LogP contribution < -0.4 is 10.6 Å². The summed E-state index contributed by atoms with van der Waals surface area (Å²) in [5.74, 6) is 0.685. The number of rotatable bonds is 6. The van der Waals surface area contributed by atoms with E-state index in [4.69, 9.17) is 18.0 Å². The maximum Gasteiger partial charge on any atom is 0.106 e. The minimum atomic E-state index is 0.468. The fourth-order valence-corrected chi connectivity index (χ4v) is 2.34. The Bertz CT molecular complexity index is 376. The molecule has 1 rings (SSSR count). The average Bonchev–Trinajstić information content (AvgIpc) is 2.29. The zero-order valence-corrected chi connectivity index (χ0v) is 11.8. The molecule has 0 bridgehead atoms. The second-order valence-corrected chi connectivity index (χ2v) is 5.10. The fourth-order valence-electron chi connectivity index (χ4n) is 2.16. The standard InChI is InChI=1S/C14H22N2S/c1-4-7-11(2)10-16(3)13-9-6-5-8-12(13)14(15)17/h5-6,8-9,11H,4,7,10H2,1-3H3,(H2,15,17). The smallest absolute Gasteiger partial charge is 0.106 e. The third kappa shape index (κ3) is 4.00. The zero-order valence-electron chi connectivity index (χ0n) is 10.9. The molecule has 0 aliphatic carbocycles. The van der Waals surface area contributed by atoms with Crippen molar-refractivity contribution in [3.05, 3.63) is 29.8 Å². The predicted octanol–water partition coefficient (Wildman–Crippen LogP) is 3.19. The van der Waals surface area contributed by atoms with E-state index < -0.39 is 0 Å². The number of hydrogen-bond acceptors (Lipinski definition) is 2. The molecule has 0 spiro atoms. The number of benzene rings is 1. The van der Waals surface area contributed by atoms with Crippen LogP contribution in [0.3, 0.4) is 0 Å². The highest BCUT2D eigenvalue weighted by Gasteiger charge is 2.11. The molecule has 1 unspecified atom stereocenters. The fraction of sp³-hybridized carbons (Fsp3) is 0.500. The van der Waals surface area contributed by atoms with Crippen LogP contribution in [-0.4, -0.2) is 18.6 Å². The Morgan fingerprint density at radius 1 is 1.41 bits per heavy atom. The van der Waals surface area contributed by atoms with Gasteiger partial charge in [0, 0.05) is 24.8 Å². The molecule has 2 N–H and O–H groups in total. The van der Waals surface area contributed by atoms with Crippen molar-refractivity contribution in [2.24, 2.45) is 11.7 Å². The molecule has 0 radical (unpaired) electrons. The Labute approximate surface area is 110 Å². The van der Waals surface area contributed by atoms with Crippen LogP contribution in [0.2, 0.25) is 0 Å². The predicted molar refractivity (Wildman–Crippen MR) is 79.7 cm³/mol. The highest BCUT2D eigenvalue weighted by molar-refractivity contribution is 7.80. The normalized spacial score (nSPS) is 12.2. The minimum Gasteiger partial charge on any atom is -0.389 e. The number of hydrogen-bond donors (Lipinski definition) is 1. The lowest BCUT2D eigenvalue weighted by molar-refractivity contribution is 0.524. The van der Waals surface area contributed by atoms with Crippen LogP contribution in [0.1, 0.15) is 32.3 Å². The van der Waals surface area contributed by atoms with Gasteiger partial charge in [0.15, 0.2) is 0 Å². The summed E-state index contributed by atoms with van der Waals surface area (Å²) in [6.45, 7) is 5.54. The SMILES string of the molecule is CCCC(C)CN(C)c1ccccc1C(N)=S. The Morgan fingerprint density at radius 3 is 2.65 bits per heavy atom. The van der Waals surface area contributed by atoms with Gasteiger partial charge in [-0.2, -0.15) is 0 Å². The summed E-state index contributed by atoms with van der Waals surface area (Å²) >= 11 is 5.08. The van der Waals surface area contributed by atoms with Gasteiger partial charge < -0.3 is 10.6 Å². The van der Waals surface area contributed by atoms with E-state index in [1.165, 1.54) is 12.8 Å². The molecule has 0 amide bonds. The van der Waals surface area contributed by atoms with E-state index in [1.54, 1.807) is 0 Å². The Morgan fingerprint density at radius 2 is 2.06 bits per heavy atom. The van der Waals surface area contributed by atoms with E-state index in [2.05, 4.69) is 31.9 Å². The van der Waals surface area contributed by atoms with Crippen LogP contribution >= 0.6 is 12.2 Å². The molecule has 0 aliphatic rings. The Balaban J connectivity index is 2.81. The number of nitrogens with zero attached hydrogens (tertiary/aromatic N) is 1. The van der Waals surface area contributed by atoms with Crippen molar-refractivity contribution in [1.29, 1.82) is 0 Å². The topological polar surface area (TPSA) is 29.3 Å². The van der Waals surface area contributed by atoms with Crippen molar-refractivity contribution < 1.29 is 0 Å². The van der Waals surface area contributed by atoms with Crippen molar-refractivity contribution in [3.8, 4) is 0 Å². The van der Waals surface area contributed by atoms with E-state index in [9.17, 15) is 0 Å². The lowest BCUT2D eigenvalue weighted by Gasteiger charge is -2.25. The van der Waals surface area contributed by atoms with Crippen LogP contribution in [-0.2, 0) is 0 Å². The van der Waals surface area contributed by atoms with E-state index in [0.29, 0.717) is 10.9 Å². The first kappa shape index (κ1) is 14.0. The summed E-state index contributed by atoms with van der Waals surface area (Å²) in [7, 11) is 2.10. The van der Waals surface area contributed by atoms with Crippen molar-refractivity contribution in [2.75, 3.05) is 18.5 Å². The third-order valence-corrected chi connectivity index (χ3v) is 3.17. The molecule has 1 aromatic rings. The maximum absolute atomic E-state index is 5.75. The zero-order chi connectivity index (χ0) is 12.8. The van der Waals surface area contributed by atoms with Gasteiger partial charge in [-0.15, -0.1) is 0 Å². The summed E-state index contributed by atoms with van der Waals surface area (Å²) in [5.41, 5.74) is 7.84. The van der Waals surface area contributed by atoms with Crippen LogP contribution in [0.25, 0.3) is 0 Å². The molecular formula is C14H22N2S. The molecule has 0 aromatic heterocycles. The molecule has 1 atom stereocenters. The van der Waals surface area contributed by atoms with Gasteiger partial charge in [-0.1, -0.05) is 44.6 Å². The van der Waals surface area contributed by atoms with E-state index in [1.807, 2.05) is 18.2 Å². The maximum atomic E-state index is 5.75. The quantitative estimate of drug-likeness (QED) is 0.786. The molecule has 3 heteroatoms. The number of para-hydroxylation sites is 1. The van der Waals surface area contributed by atoms with Gasteiger partial charge in [0.1, 0.15) is 4.99 Å². The first-order chi connectivity index (χ1) is 8.06. The van der Waals surface area contributed by atoms with Gasteiger partial charge in [-0.3, -0.25) is 0 Å². The number of thiocarbonyl (C=S) groups is 1. The molecule has 0 heterocycles. The number of nitrogens with two attached hydrogens (primary N) is 1. The minimum absolute atomic E-state index is 0.468. The van der Waals surface area contributed by atoms with Gasteiger partial charge >= 0.3 is 0 Å². The van der Waals surface area contributed by atoms with Crippen LogP contribution in [0.5, 0.6) is 0 Å². The van der Waals surface area contributed by atoms with Gasteiger partial charge in [0.2, 0.25) is 0 Å². The van der Waals surface area contributed by atoms with E-state index in [0.717, 1.165) is 17.8 Å². The first-order valence-electron chi connectivity index (χ1n) is 6.16. The average molecular weight is 250 g/mol. The summed E-state index contributed by atoms with van der Waals surface area (Å²) in [4.78, 5) is 2.71. The molecule has 2 nitrogen and oxygen atoms in total.